The van der Waals surface area contributed by atoms with Crippen LogP contribution in [0.2, 0.25) is 0 Å². The highest BCUT2D eigenvalue weighted by molar-refractivity contribution is 6.09. The van der Waals surface area contributed by atoms with Crippen LogP contribution < -0.4 is 5.32 Å². The predicted molar refractivity (Wildman–Crippen MR) is 52.8 cm³/mol. The molecule has 2 unspecified atom stereocenters. The van der Waals surface area contributed by atoms with E-state index in [1.54, 1.807) is 0 Å². The lowest BCUT2D eigenvalue weighted by Gasteiger charge is -2.17. The van der Waals surface area contributed by atoms with Crippen molar-refractivity contribution in [3.8, 4) is 0 Å². The van der Waals surface area contributed by atoms with Gasteiger partial charge in [-0.15, -0.1) is 0 Å². The highest BCUT2D eigenvalue weighted by Crippen LogP contribution is 2.52. The van der Waals surface area contributed by atoms with E-state index in [2.05, 4.69) is 5.32 Å². The summed E-state index contributed by atoms with van der Waals surface area (Å²) in [5.74, 6) is -0.681. The first-order valence-electron chi connectivity index (χ1n) is 5.33. The molecule has 2 atom stereocenters. The first kappa shape index (κ1) is 10.6. The molecule has 1 saturated carbocycles. The van der Waals surface area contributed by atoms with E-state index in [1.807, 2.05) is 7.05 Å². The van der Waals surface area contributed by atoms with Gasteiger partial charge in [-0.2, -0.15) is 0 Å². The highest BCUT2D eigenvalue weighted by atomic mass is 16.3. The van der Waals surface area contributed by atoms with Gasteiger partial charge in [0.1, 0.15) is 0 Å². The lowest BCUT2D eigenvalue weighted by Crippen LogP contribution is -2.36. The summed E-state index contributed by atoms with van der Waals surface area (Å²) in [6.07, 6.45) is 0.789. The molecule has 0 aromatic rings. The van der Waals surface area contributed by atoms with Crippen LogP contribution in [-0.4, -0.2) is 48.6 Å². The van der Waals surface area contributed by atoms with Crippen LogP contribution in [0.15, 0.2) is 0 Å². The van der Waals surface area contributed by atoms with Gasteiger partial charge >= 0.3 is 0 Å². The number of amides is 2. The normalized spacial score (nSPS) is 33.5. The molecule has 0 spiro atoms. The van der Waals surface area contributed by atoms with E-state index in [0.717, 1.165) is 13.0 Å². The van der Waals surface area contributed by atoms with E-state index < -0.39 is 0 Å². The number of carbonyl (C=O) groups excluding carboxylic acids is 2. The number of hydrogen-bond acceptors (Lipinski definition) is 4. The molecular weight excluding hydrogens is 196 g/mol. The molecule has 15 heavy (non-hydrogen) atoms. The molecule has 0 aromatic heterocycles. The maximum Gasteiger partial charge on any atom is 0.233 e. The zero-order valence-electron chi connectivity index (χ0n) is 8.77. The Hall–Kier alpha value is -0.940. The van der Waals surface area contributed by atoms with Crippen LogP contribution in [0.25, 0.3) is 0 Å². The summed E-state index contributed by atoms with van der Waals surface area (Å²) >= 11 is 0. The average molecular weight is 212 g/mol. The summed E-state index contributed by atoms with van der Waals surface area (Å²) in [5, 5.41) is 11.9. The summed E-state index contributed by atoms with van der Waals surface area (Å²) in [6.45, 7) is 1.26. The lowest BCUT2D eigenvalue weighted by molar-refractivity contribution is -0.142. The van der Waals surface area contributed by atoms with Crippen LogP contribution >= 0.6 is 0 Å². The lowest BCUT2D eigenvalue weighted by atomic mass is 10.2. The molecule has 5 nitrogen and oxygen atoms in total. The number of nitrogens with zero attached hydrogens (tertiary/aromatic N) is 1. The summed E-state index contributed by atoms with van der Waals surface area (Å²) < 4.78 is 0. The van der Waals surface area contributed by atoms with Gasteiger partial charge in [0, 0.05) is 19.1 Å². The molecule has 1 saturated heterocycles. The molecule has 0 aromatic carbocycles. The quantitative estimate of drug-likeness (QED) is 0.444. The third-order valence-electron chi connectivity index (χ3n) is 3.29. The number of rotatable bonds is 5. The minimum absolute atomic E-state index is 0.0445. The fourth-order valence-electron chi connectivity index (χ4n) is 2.38. The van der Waals surface area contributed by atoms with Crippen molar-refractivity contribution < 1.29 is 14.7 Å². The molecule has 0 bridgehead atoms. The zero-order valence-corrected chi connectivity index (χ0v) is 8.77. The van der Waals surface area contributed by atoms with Gasteiger partial charge < -0.3 is 10.4 Å². The summed E-state index contributed by atoms with van der Waals surface area (Å²) in [7, 11) is 1.84. The molecule has 1 aliphatic heterocycles. The van der Waals surface area contributed by atoms with E-state index in [0.29, 0.717) is 6.54 Å². The van der Waals surface area contributed by atoms with Gasteiger partial charge in [-0.1, -0.05) is 0 Å². The Kier molecular flexibility index (Phi) is 2.75. The molecule has 84 valence electrons. The van der Waals surface area contributed by atoms with E-state index in [4.69, 9.17) is 5.11 Å². The Morgan fingerprint density at radius 1 is 1.33 bits per heavy atom. The van der Waals surface area contributed by atoms with Crippen molar-refractivity contribution in [2.45, 2.75) is 6.42 Å². The van der Waals surface area contributed by atoms with Crippen LogP contribution in [0.1, 0.15) is 6.42 Å². The van der Waals surface area contributed by atoms with Gasteiger partial charge in [0.25, 0.3) is 0 Å². The van der Waals surface area contributed by atoms with E-state index in [1.165, 1.54) is 4.90 Å². The van der Waals surface area contributed by atoms with Gasteiger partial charge in [-0.05, 0) is 20.0 Å². The first-order valence-corrected chi connectivity index (χ1v) is 5.33. The number of hydrogen-bond donors (Lipinski definition) is 2. The average Bonchev–Trinajstić information content (AvgIpc) is 2.91. The minimum atomic E-state index is -0.211. The van der Waals surface area contributed by atoms with Gasteiger partial charge in [-0.25, -0.2) is 0 Å². The number of imide groups is 1. The van der Waals surface area contributed by atoms with Gasteiger partial charge in [0.15, 0.2) is 0 Å². The molecule has 2 fully saturated rings. The van der Waals surface area contributed by atoms with Crippen LogP contribution in [-0.2, 0) is 9.59 Å². The highest BCUT2D eigenvalue weighted by Gasteiger charge is 2.66. The SMILES string of the molecule is CNCCCN1C(=O)C2C(CO)C2C1=O. The maximum atomic E-state index is 11.7. The summed E-state index contributed by atoms with van der Waals surface area (Å²) in [4.78, 5) is 24.7. The first-order chi connectivity index (χ1) is 7.22. The number of aliphatic hydroxyl groups is 1. The molecule has 1 aliphatic carbocycles. The largest absolute Gasteiger partial charge is 0.396 e. The monoisotopic (exact) mass is 212 g/mol. The van der Waals surface area contributed by atoms with E-state index >= 15 is 0 Å². The van der Waals surface area contributed by atoms with Gasteiger partial charge in [0.2, 0.25) is 11.8 Å². The Bertz CT molecular complexity index is 270. The third-order valence-corrected chi connectivity index (χ3v) is 3.29. The second kappa shape index (κ2) is 3.90. The Labute approximate surface area is 88.4 Å². The van der Waals surface area contributed by atoms with Crippen molar-refractivity contribution in [3.63, 3.8) is 0 Å². The van der Waals surface area contributed by atoms with Crippen LogP contribution in [0.5, 0.6) is 0 Å². The third kappa shape index (κ3) is 1.55. The second-order valence-corrected chi connectivity index (χ2v) is 4.18. The molecule has 2 N–H and O–H groups in total. The number of likely N-dealkylation sites (tertiary alicyclic amines) is 1. The number of aliphatic hydroxyl groups excluding tert-OH is 1. The molecule has 2 amide bonds. The molecule has 5 heteroatoms. The molecule has 2 aliphatic rings. The smallest absolute Gasteiger partial charge is 0.233 e. The van der Waals surface area contributed by atoms with Crippen molar-refractivity contribution in [2.24, 2.45) is 17.8 Å². The van der Waals surface area contributed by atoms with Crippen molar-refractivity contribution in [1.82, 2.24) is 10.2 Å². The number of nitrogens with one attached hydrogen (secondary N) is 1. The van der Waals surface area contributed by atoms with Crippen molar-refractivity contribution >= 4 is 11.8 Å². The fourth-order valence-corrected chi connectivity index (χ4v) is 2.38. The molecule has 1 heterocycles. The van der Waals surface area contributed by atoms with E-state index in [-0.39, 0.29) is 36.2 Å². The summed E-state index contributed by atoms with van der Waals surface area (Å²) in [6, 6.07) is 0. The van der Waals surface area contributed by atoms with Crippen molar-refractivity contribution in [2.75, 3.05) is 26.7 Å². The molecular formula is C10H16N2O3. The summed E-state index contributed by atoms with van der Waals surface area (Å²) in [5.41, 5.74) is 0. The van der Waals surface area contributed by atoms with Crippen LogP contribution in [0, 0.1) is 17.8 Å². The van der Waals surface area contributed by atoms with Gasteiger partial charge in [-0.3, -0.25) is 14.5 Å². The topological polar surface area (TPSA) is 69.6 Å². The van der Waals surface area contributed by atoms with E-state index in [9.17, 15) is 9.59 Å². The van der Waals surface area contributed by atoms with Crippen LogP contribution in [0.4, 0.5) is 0 Å². The molecule has 0 radical (unpaired) electrons. The minimum Gasteiger partial charge on any atom is -0.396 e. The number of fused-ring (bicyclic) bond motifs is 1. The zero-order chi connectivity index (χ0) is 11.0. The number of piperidine rings is 1. The maximum absolute atomic E-state index is 11.7. The second-order valence-electron chi connectivity index (χ2n) is 4.18. The van der Waals surface area contributed by atoms with Crippen molar-refractivity contribution in [1.29, 1.82) is 0 Å². The molecule has 2 rings (SSSR count). The van der Waals surface area contributed by atoms with Gasteiger partial charge in [0.05, 0.1) is 11.8 Å². The fraction of sp³-hybridized carbons (Fsp3) is 0.800. The predicted octanol–water partition coefficient (Wildman–Crippen LogP) is -1.18. The van der Waals surface area contributed by atoms with Crippen molar-refractivity contribution in [3.05, 3.63) is 0 Å². The Morgan fingerprint density at radius 2 is 1.93 bits per heavy atom. The number of carbonyl (C=O) groups is 2. The Morgan fingerprint density at radius 3 is 2.40 bits per heavy atom. The standard InChI is InChI=1S/C10H16N2O3/c1-11-3-2-4-12-9(14)7-6(5-13)8(7)10(12)15/h6-8,11,13H,2-5H2,1H3. The van der Waals surface area contributed by atoms with Crippen LogP contribution in [0.3, 0.4) is 0 Å². The Balaban J connectivity index is 1.89.